The summed E-state index contributed by atoms with van der Waals surface area (Å²) in [7, 11) is 0. The van der Waals surface area contributed by atoms with Crippen LogP contribution in [0.15, 0.2) is 30.5 Å². The average molecular weight is 475 g/mol. The molecule has 2 aromatic heterocycles. The van der Waals surface area contributed by atoms with Gasteiger partial charge in [-0.25, -0.2) is 4.98 Å². The molecule has 0 bridgehead atoms. The van der Waals surface area contributed by atoms with Crippen LogP contribution in [-0.2, 0) is 0 Å². The molecule has 1 aliphatic rings. The topological polar surface area (TPSA) is 119 Å². The van der Waals surface area contributed by atoms with E-state index in [2.05, 4.69) is 40.4 Å². The highest BCUT2D eigenvalue weighted by Gasteiger charge is 2.20. The van der Waals surface area contributed by atoms with Crippen molar-refractivity contribution in [3.63, 3.8) is 0 Å². The number of aliphatic hydroxyl groups is 1. The molecule has 1 saturated heterocycles. The number of aromatic nitrogens is 4. The molecule has 0 atom stereocenters. The maximum Gasteiger partial charge on any atom is 0.267 e. The molecule has 0 unspecified atom stereocenters. The summed E-state index contributed by atoms with van der Waals surface area (Å²) in [6.07, 6.45) is 1.51. The third-order valence-corrected chi connectivity index (χ3v) is 6.02. The van der Waals surface area contributed by atoms with E-state index in [4.69, 9.17) is 16.7 Å². The predicted octanol–water partition coefficient (Wildman–Crippen LogP) is 2.40. The second-order valence-corrected chi connectivity index (χ2v) is 8.64. The smallest absolute Gasteiger partial charge is 0.267 e. The molecule has 1 aromatic carbocycles. The number of benzene rings is 1. The van der Waals surface area contributed by atoms with Crippen LogP contribution in [0.2, 0.25) is 5.02 Å². The molecule has 3 N–H and O–H groups in total. The maximum atomic E-state index is 12.5. The number of halogens is 1. The fraction of sp³-hybridized carbons (Fsp3) is 0.350. The summed E-state index contributed by atoms with van der Waals surface area (Å²) < 4.78 is 0. The van der Waals surface area contributed by atoms with Crippen molar-refractivity contribution in [1.82, 2.24) is 24.8 Å². The molecule has 3 heterocycles. The number of rotatable bonds is 7. The molecule has 32 heavy (non-hydrogen) atoms. The minimum absolute atomic E-state index is 0.159. The second-order valence-electron chi connectivity index (χ2n) is 7.17. The molecular formula is C20H23ClN8O2S. The molecule has 3 aromatic rings. The van der Waals surface area contributed by atoms with Gasteiger partial charge >= 0.3 is 0 Å². The molecule has 1 aliphatic heterocycles. The van der Waals surface area contributed by atoms with Gasteiger partial charge in [0.05, 0.1) is 12.8 Å². The highest BCUT2D eigenvalue weighted by Crippen LogP contribution is 2.23. The fourth-order valence-corrected chi connectivity index (χ4v) is 4.07. The van der Waals surface area contributed by atoms with Crippen molar-refractivity contribution in [1.29, 1.82) is 0 Å². The Balaban J connectivity index is 1.41. The summed E-state index contributed by atoms with van der Waals surface area (Å²) in [6, 6.07) is 6.90. The lowest BCUT2D eigenvalue weighted by Crippen LogP contribution is -2.47. The van der Waals surface area contributed by atoms with Gasteiger partial charge in [-0.15, -0.1) is 0 Å². The van der Waals surface area contributed by atoms with Gasteiger partial charge in [-0.1, -0.05) is 22.9 Å². The van der Waals surface area contributed by atoms with Crippen molar-refractivity contribution in [2.75, 3.05) is 54.9 Å². The number of hydrogen-bond acceptors (Lipinski definition) is 10. The number of amides is 1. The summed E-state index contributed by atoms with van der Waals surface area (Å²) in [6.45, 7) is 5.87. The van der Waals surface area contributed by atoms with E-state index in [9.17, 15) is 4.79 Å². The van der Waals surface area contributed by atoms with Crippen LogP contribution < -0.4 is 15.5 Å². The van der Waals surface area contributed by atoms with E-state index in [1.165, 1.54) is 17.5 Å². The zero-order chi connectivity index (χ0) is 22.5. The zero-order valence-corrected chi connectivity index (χ0v) is 19.0. The van der Waals surface area contributed by atoms with E-state index in [1.807, 2.05) is 6.92 Å². The molecule has 168 valence electrons. The van der Waals surface area contributed by atoms with Gasteiger partial charge in [0.15, 0.2) is 5.13 Å². The van der Waals surface area contributed by atoms with Gasteiger partial charge in [0.2, 0.25) is 11.9 Å². The first-order valence-electron chi connectivity index (χ1n) is 10.1. The first-order valence-corrected chi connectivity index (χ1v) is 11.3. The number of nitrogens with one attached hydrogen (secondary N) is 2. The van der Waals surface area contributed by atoms with E-state index < -0.39 is 0 Å². The zero-order valence-electron chi connectivity index (χ0n) is 17.5. The lowest BCUT2D eigenvalue weighted by atomic mass is 10.3. The Labute approximate surface area is 194 Å². The van der Waals surface area contributed by atoms with Gasteiger partial charge in [-0.05, 0) is 31.2 Å². The highest BCUT2D eigenvalue weighted by molar-refractivity contribution is 7.17. The van der Waals surface area contributed by atoms with Gasteiger partial charge < -0.3 is 15.3 Å². The number of nitrogens with zero attached hydrogens (tertiary/aromatic N) is 6. The van der Waals surface area contributed by atoms with Gasteiger partial charge in [-0.3, -0.25) is 15.0 Å². The molecule has 1 fully saturated rings. The number of aliphatic hydroxyl groups excluding tert-OH is 1. The quantitative estimate of drug-likeness (QED) is 0.474. The minimum Gasteiger partial charge on any atom is -0.395 e. The fourth-order valence-electron chi connectivity index (χ4n) is 3.24. The Morgan fingerprint density at radius 3 is 2.62 bits per heavy atom. The molecule has 0 saturated carbocycles. The standard InChI is InChI=1S/C20H23ClN8O2S/c1-13-23-18(26-19(24-13)29-8-6-28(7-9-29)10-11-30)27-20-22-12-16(32-20)17(31)25-15-4-2-14(21)3-5-15/h2-5,12,30H,6-11H2,1H3,(H,25,31)(H,22,23,24,26,27). The molecule has 1 amide bonds. The van der Waals surface area contributed by atoms with Gasteiger partial charge in [0.1, 0.15) is 10.7 Å². The lowest BCUT2D eigenvalue weighted by molar-refractivity contribution is 0.103. The van der Waals surface area contributed by atoms with Gasteiger partial charge in [0, 0.05) is 43.4 Å². The van der Waals surface area contributed by atoms with Crippen molar-refractivity contribution < 1.29 is 9.90 Å². The number of hydrogen-bond donors (Lipinski definition) is 3. The Bertz CT molecular complexity index is 1070. The van der Waals surface area contributed by atoms with Crippen molar-refractivity contribution in [2.24, 2.45) is 0 Å². The molecule has 0 aliphatic carbocycles. The van der Waals surface area contributed by atoms with Crippen LogP contribution in [0.1, 0.15) is 15.5 Å². The van der Waals surface area contributed by atoms with E-state index in [-0.39, 0.29) is 12.5 Å². The molecule has 4 rings (SSSR count). The van der Waals surface area contributed by atoms with E-state index in [0.29, 0.717) is 45.0 Å². The molecule has 0 radical (unpaired) electrons. The van der Waals surface area contributed by atoms with Crippen LogP contribution in [0.5, 0.6) is 0 Å². The van der Waals surface area contributed by atoms with Crippen molar-refractivity contribution in [2.45, 2.75) is 6.92 Å². The van der Waals surface area contributed by atoms with Crippen molar-refractivity contribution in [3.8, 4) is 0 Å². The van der Waals surface area contributed by atoms with Crippen molar-refractivity contribution in [3.05, 3.63) is 46.2 Å². The van der Waals surface area contributed by atoms with Crippen molar-refractivity contribution >= 4 is 51.6 Å². The Morgan fingerprint density at radius 1 is 1.16 bits per heavy atom. The molecule has 0 spiro atoms. The van der Waals surface area contributed by atoms with E-state index in [1.54, 1.807) is 24.3 Å². The number of aryl methyl sites for hydroxylation is 1. The van der Waals surface area contributed by atoms with E-state index in [0.717, 1.165) is 26.2 Å². The number of anilines is 4. The largest absolute Gasteiger partial charge is 0.395 e. The van der Waals surface area contributed by atoms with Crippen LogP contribution >= 0.6 is 22.9 Å². The Hall–Kier alpha value is -2.86. The number of β-amino-alcohol motifs (C(OH)–C–C–N with tert-alkyl or cyclic N) is 1. The number of thiazole rings is 1. The van der Waals surface area contributed by atoms with Gasteiger partial charge in [-0.2, -0.15) is 15.0 Å². The normalized spacial score (nSPS) is 14.4. The first-order chi connectivity index (χ1) is 15.5. The van der Waals surface area contributed by atoms with Crippen LogP contribution in [0.3, 0.4) is 0 Å². The Kier molecular flexibility index (Phi) is 7.10. The summed E-state index contributed by atoms with van der Waals surface area (Å²) in [4.78, 5) is 34.9. The number of piperazine rings is 1. The maximum absolute atomic E-state index is 12.5. The minimum atomic E-state index is -0.258. The summed E-state index contributed by atoms with van der Waals surface area (Å²) in [5.74, 6) is 1.31. The summed E-state index contributed by atoms with van der Waals surface area (Å²) >= 11 is 7.08. The number of carbonyl (C=O) groups excluding carboxylic acids is 1. The Morgan fingerprint density at radius 2 is 1.91 bits per heavy atom. The molecule has 12 heteroatoms. The SMILES string of the molecule is Cc1nc(Nc2ncc(C(=O)Nc3ccc(Cl)cc3)s2)nc(N2CCN(CCO)CC2)n1. The second kappa shape index (κ2) is 10.2. The van der Waals surface area contributed by atoms with E-state index >= 15 is 0 Å². The third kappa shape index (κ3) is 5.68. The highest BCUT2D eigenvalue weighted by atomic mass is 35.5. The summed E-state index contributed by atoms with van der Waals surface area (Å²) in [5, 5.41) is 16.1. The number of carbonyl (C=O) groups is 1. The molecule has 10 nitrogen and oxygen atoms in total. The van der Waals surface area contributed by atoms with Crippen LogP contribution in [0.25, 0.3) is 0 Å². The average Bonchev–Trinajstić information content (AvgIpc) is 3.24. The first kappa shape index (κ1) is 22.3. The van der Waals surface area contributed by atoms with Crippen LogP contribution in [-0.4, -0.2) is 75.2 Å². The monoisotopic (exact) mass is 474 g/mol. The van der Waals surface area contributed by atoms with Gasteiger partial charge in [0.25, 0.3) is 5.91 Å². The lowest BCUT2D eigenvalue weighted by Gasteiger charge is -2.34. The molecular weight excluding hydrogens is 452 g/mol. The third-order valence-electron chi connectivity index (χ3n) is 4.86. The predicted molar refractivity (Wildman–Crippen MR) is 125 cm³/mol. The summed E-state index contributed by atoms with van der Waals surface area (Å²) in [5.41, 5.74) is 0.652. The van der Waals surface area contributed by atoms with Crippen LogP contribution in [0.4, 0.5) is 22.7 Å². The van der Waals surface area contributed by atoms with Crippen LogP contribution in [0, 0.1) is 6.92 Å².